The zero-order chi connectivity index (χ0) is 19.8. The fourth-order valence-corrected chi connectivity index (χ4v) is 3.46. The molecule has 1 unspecified atom stereocenters. The van der Waals surface area contributed by atoms with Crippen LogP contribution in [0.5, 0.6) is 5.75 Å². The fraction of sp³-hybridized carbons (Fsp3) is 0.182. The van der Waals surface area contributed by atoms with Crippen LogP contribution < -0.4 is 15.4 Å². The number of rotatable bonds is 8. The third kappa shape index (κ3) is 5.20. The monoisotopic (exact) mass is 394 g/mol. The molecule has 1 atom stereocenters. The Morgan fingerprint density at radius 1 is 0.964 bits per heavy atom. The zero-order valence-corrected chi connectivity index (χ0v) is 16.4. The molecule has 2 amide bonds. The highest BCUT2D eigenvalue weighted by Crippen LogP contribution is 2.24. The summed E-state index contributed by atoms with van der Waals surface area (Å²) in [6.45, 7) is 0.284. The predicted molar refractivity (Wildman–Crippen MR) is 111 cm³/mol. The Labute approximate surface area is 168 Å². The Hall–Kier alpha value is -3.12. The molecular formula is C22H22N2O3S. The first-order chi connectivity index (χ1) is 13.7. The summed E-state index contributed by atoms with van der Waals surface area (Å²) in [6.07, 6.45) is 0.205. The normalized spacial score (nSPS) is 11.5. The molecule has 1 aromatic heterocycles. The van der Waals surface area contributed by atoms with Crippen LogP contribution in [0.4, 0.5) is 0 Å². The molecule has 0 fully saturated rings. The zero-order valence-electron chi connectivity index (χ0n) is 15.6. The molecule has 6 heteroatoms. The lowest BCUT2D eigenvalue weighted by Crippen LogP contribution is -2.33. The lowest BCUT2D eigenvalue weighted by molar-refractivity contribution is -0.121. The molecule has 0 saturated heterocycles. The minimum absolute atomic E-state index is 0.129. The Morgan fingerprint density at radius 3 is 2.32 bits per heavy atom. The van der Waals surface area contributed by atoms with Crippen LogP contribution >= 0.6 is 11.3 Å². The molecule has 5 nitrogen and oxygen atoms in total. The van der Waals surface area contributed by atoms with E-state index in [0.717, 1.165) is 16.9 Å². The van der Waals surface area contributed by atoms with Crippen molar-refractivity contribution in [1.29, 1.82) is 0 Å². The van der Waals surface area contributed by atoms with E-state index in [1.165, 1.54) is 11.3 Å². The van der Waals surface area contributed by atoms with Gasteiger partial charge in [-0.25, -0.2) is 0 Å². The number of carbonyl (C=O) groups is 2. The van der Waals surface area contributed by atoms with E-state index < -0.39 is 0 Å². The first-order valence-electron chi connectivity index (χ1n) is 8.97. The Morgan fingerprint density at radius 2 is 1.68 bits per heavy atom. The quantitative estimate of drug-likeness (QED) is 0.611. The second-order valence-corrected chi connectivity index (χ2v) is 7.12. The molecule has 0 aliphatic heterocycles. The first-order valence-corrected chi connectivity index (χ1v) is 9.85. The van der Waals surface area contributed by atoms with Gasteiger partial charge in [-0.05, 0) is 34.7 Å². The van der Waals surface area contributed by atoms with Gasteiger partial charge in [-0.3, -0.25) is 9.59 Å². The van der Waals surface area contributed by atoms with E-state index in [9.17, 15) is 9.59 Å². The summed E-state index contributed by atoms with van der Waals surface area (Å²) in [5.74, 6) is 0.479. The van der Waals surface area contributed by atoms with Crippen molar-refractivity contribution in [2.45, 2.75) is 12.5 Å². The van der Waals surface area contributed by atoms with E-state index in [2.05, 4.69) is 10.6 Å². The summed E-state index contributed by atoms with van der Waals surface area (Å²) in [5.41, 5.74) is 1.95. The number of benzene rings is 2. The average Bonchev–Trinajstić information content (AvgIpc) is 3.28. The van der Waals surface area contributed by atoms with Gasteiger partial charge in [0, 0.05) is 13.0 Å². The van der Waals surface area contributed by atoms with Crippen molar-refractivity contribution in [1.82, 2.24) is 10.6 Å². The second kappa shape index (κ2) is 9.71. The van der Waals surface area contributed by atoms with E-state index in [1.54, 1.807) is 13.2 Å². The molecule has 2 aromatic carbocycles. The summed E-state index contributed by atoms with van der Waals surface area (Å²) >= 11 is 1.38. The molecule has 3 rings (SSSR count). The van der Waals surface area contributed by atoms with Crippen LogP contribution in [-0.4, -0.2) is 25.5 Å². The number of nitrogens with one attached hydrogen (secondary N) is 2. The molecule has 0 radical (unpaired) electrons. The van der Waals surface area contributed by atoms with E-state index in [-0.39, 0.29) is 30.8 Å². The molecule has 0 aliphatic rings. The number of carbonyl (C=O) groups excluding carboxylic acids is 2. The van der Waals surface area contributed by atoms with Gasteiger partial charge >= 0.3 is 0 Å². The van der Waals surface area contributed by atoms with Gasteiger partial charge in [-0.15, -0.1) is 11.3 Å². The molecule has 0 spiro atoms. The van der Waals surface area contributed by atoms with Crippen molar-refractivity contribution in [3.05, 3.63) is 88.1 Å². The topological polar surface area (TPSA) is 67.4 Å². The van der Waals surface area contributed by atoms with Crippen molar-refractivity contribution in [2.24, 2.45) is 0 Å². The summed E-state index contributed by atoms with van der Waals surface area (Å²) in [4.78, 5) is 25.1. The highest BCUT2D eigenvalue weighted by Gasteiger charge is 2.17. The summed E-state index contributed by atoms with van der Waals surface area (Å²) < 4.78 is 5.22. The number of methoxy groups -OCH3 is 1. The molecular weight excluding hydrogens is 372 g/mol. The third-order valence-electron chi connectivity index (χ3n) is 4.27. The molecule has 3 aromatic rings. The summed E-state index contributed by atoms with van der Waals surface area (Å²) in [5, 5.41) is 7.69. The molecule has 2 N–H and O–H groups in total. The number of amides is 2. The van der Waals surface area contributed by atoms with Gasteiger partial charge in [-0.1, -0.05) is 48.5 Å². The van der Waals surface area contributed by atoms with Crippen LogP contribution in [-0.2, 0) is 4.79 Å². The van der Waals surface area contributed by atoms with E-state index >= 15 is 0 Å². The second-order valence-electron chi connectivity index (χ2n) is 6.17. The smallest absolute Gasteiger partial charge is 0.261 e. The summed E-state index contributed by atoms with van der Waals surface area (Å²) in [6, 6.07) is 20.7. The van der Waals surface area contributed by atoms with Crippen molar-refractivity contribution in [3.63, 3.8) is 0 Å². The van der Waals surface area contributed by atoms with Crippen LogP contribution in [0.25, 0.3) is 0 Å². The Kier molecular flexibility index (Phi) is 6.81. The maximum Gasteiger partial charge on any atom is 0.261 e. The minimum Gasteiger partial charge on any atom is -0.497 e. The lowest BCUT2D eigenvalue weighted by Gasteiger charge is -2.20. The van der Waals surface area contributed by atoms with Gasteiger partial charge in [0.2, 0.25) is 5.91 Å². The van der Waals surface area contributed by atoms with Crippen molar-refractivity contribution >= 4 is 23.2 Å². The number of hydrogen-bond acceptors (Lipinski definition) is 4. The first kappa shape index (κ1) is 19.6. The van der Waals surface area contributed by atoms with Gasteiger partial charge < -0.3 is 15.4 Å². The fourth-order valence-electron chi connectivity index (χ4n) is 2.82. The molecule has 28 heavy (non-hydrogen) atoms. The molecule has 0 aliphatic carbocycles. The van der Waals surface area contributed by atoms with Crippen LogP contribution in [0.2, 0.25) is 0 Å². The SMILES string of the molecule is COc1ccc(C(NC(=O)CCNC(=O)c2cccs2)c2ccccc2)cc1. The van der Waals surface area contributed by atoms with E-state index in [1.807, 2.05) is 66.0 Å². The molecule has 0 bridgehead atoms. The highest BCUT2D eigenvalue weighted by atomic mass is 32.1. The van der Waals surface area contributed by atoms with E-state index in [0.29, 0.717) is 4.88 Å². The third-order valence-corrected chi connectivity index (χ3v) is 5.14. The van der Waals surface area contributed by atoms with Crippen LogP contribution in [0.15, 0.2) is 72.1 Å². The summed E-state index contributed by atoms with van der Waals surface area (Å²) in [7, 11) is 1.62. The van der Waals surface area contributed by atoms with Crippen molar-refractivity contribution in [2.75, 3.05) is 13.7 Å². The standard InChI is InChI=1S/C22H22N2O3S/c1-27-18-11-9-17(10-12-18)21(16-6-3-2-4-7-16)24-20(25)13-14-23-22(26)19-8-5-15-28-19/h2-12,15,21H,13-14H2,1H3,(H,23,26)(H,24,25). The lowest BCUT2D eigenvalue weighted by atomic mass is 9.98. The largest absolute Gasteiger partial charge is 0.497 e. The van der Waals surface area contributed by atoms with Crippen molar-refractivity contribution < 1.29 is 14.3 Å². The van der Waals surface area contributed by atoms with E-state index in [4.69, 9.17) is 4.74 Å². The number of ether oxygens (including phenoxy) is 1. The maximum atomic E-state index is 12.5. The average molecular weight is 394 g/mol. The predicted octanol–water partition coefficient (Wildman–Crippen LogP) is 3.78. The molecule has 1 heterocycles. The van der Waals surface area contributed by atoms with Gasteiger partial charge in [0.25, 0.3) is 5.91 Å². The highest BCUT2D eigenvalue weighted by molar-refractivity contribution is 7.12. The Bertz CT molecular complexity index is 893. The van der Waals surface area contributed by atoms with Crippen LogP contribution in [0.3, 0.4) is 0 Å². The number of thiophene rings is 1. The van der Waals surface area contributed by atoms with Gasteiger partial charge in [0.05, 0.1) is 18.0 Å². The molecule has 0 saturated carbocycles. The van der Waals surface area contributed by atoms with Gasteiger partial charge in [0.15, 0.2) is 0 Å². The maximum absolute atomic E-state index is 12.5. The van der Waals surface area contributed by atoms with Crippen LogP contribution in [0, 0.1) is 0 Å². The van der Waals surface area contributed by atoms with Gasteiger partial charge in [-0.2, -0.15) is 0 Å². The molecule has 144 valence electrons. The minimum atomic E-state index is -0.271. The van der Waals surface area contributed by atoms with Crippen LogP contribution in [0.1, 0.15) is 33.3 Å². The Balaban J connectivity index is 1.63. The number of hydrogen-bond donors (Lipinski definition) is 2. The van der Waals surface area contributed by atoms with Gasteiger partial charge in [0.1, 0.15) is 5.75 Å². The van der Waals surface area contributed by atoms with Crippen molar-refractivity contribution in [3.8, 4) is 5.75 Å².